The maximum Gasteiger partial charge on any atom is 0.0942 e. The van der Waals surface area contributed by atoms with Gasteiger partial charge in [-0.1, -0.05) is 29.8 Å². The van der Waals surface area contributed by atoms with Crippen molar-refractivity contribution in [3.05, 3.63) is 65.0 Å². The van der Waals surface area contributed by atoms with E-state index >= 15 is 0 Å². The molecule has 2 atom stereocenters. The quantitative estimate of drug-likeness (QED) is 0.878. The molecular weight excluding hydrogens is 248 g/mol. The van der Waals surface area contributed by atoms with E-state index in [4.69, 9.17) is 0 Å². The van der Waals surface area contributed by atoms with Crippen LogP contribution in [0.2, 0.25) is 0 Å². The van der Waals surface area contributed by atoms with Crippen molar-refractivity contribution in [3.8, 4) is 0 Å². The maximum absolute atomic E-state index is 10.5. The molecule has 0 aliphatic carbocycles. The van der Waals surface area contributed by atoms with Crippen LogP contribution in [-0.4, -0.2) is 16.1 Å². The van der Waals surface area contributed by atoms with Gasteiger partial charge in [0.25, 0.3) is 0 Å². The molecule has 0 aliphatic heterocycles. The predicted molar refractivity (Wildman–Crippen MR) is 81.4 cm³/mol. The monoisotopic (exact) mass is 270 g/mol. The van der Waals surface area contributed by atoms with Gasteiger partial charge in [-0.3, -0.25) is 4.98 Å². The largest absolute Gasteiger partial charge is 0.387 e. The molecule has 2 rings (SSSR count). The molecule has 3 nitrogen and oxygen atoms in total. The lowest BCUT2D eigenvalue weighted by Crippen LogP contribution is -2.32. The summed E-state index contributed by atoms with van der Waals surface area (Å²) in [5.74, 6) is 0. The summed E-state index contributed by atoms with van der Waals surface area (Å²) in [6.07, 6.45) is 1.27. The lowest BCUT2D eigenvalue weighted by molar-refractivity contribution is 0.134. The fraction of sp³-hybridized carbons (Fsp3) is 0.353. The molecule has 0 spiro atoms. The lowest BCUT2D eigenvalue weighted by atomic mass is 9.97. The van der Waals surface area contributed by atoms with Crippen molar-refractivity contribution in [1.82, 2.24) is 10.3 Å². The van der Waals surface area contributed by atoms with E-state index in [1.807, 2.05) is 44.2 Å². The van der Waals surface area contributed by atoms with E-state index < -0.39 is 6.10 Å². The summed E-state index contributed by atoms with van der Waals surface area (Å²) >= 11 is 0. The van der Waals surface area contributed by atoms with Gasteiger partial charge in [-0.15, -0.1) is 0 Å². The van der Waals surface area contributed by atoms with Gasteiger partial charge in [0.2, 0.25) is 0 Å². The van der Waals surface area contributed by atoms with E-state index in [0.29, 0.717) is 6.54 Å². The molecule has 1 aromatic carbocycles. The van der Waals surface area contributed by atoms with E-state index in [2.05, 4.69) is 23.3 Å². The van der Waals surface area contributed by atoms with Crippen LogP contribution >= 0.6 is 0 Å². The summed E-state index contributed by atoms with van der Waals surface area (Å²) in [4.78, 5) is 4.27. The number of nitrogens with one attached hydrogen (secondary N) is 1. The lowest BCUT2D eigenvalue weighted by Gasteiger charge is -2.22. The molecule has 2 N–H and O–H groups in total. The summed E-state index contributed by atoms with van der Waals surface area (Å²) < 4.78 is 0. The second-order valence-electron chi connectivity index (χ2n) is 5.30. The standard InChI is InChI=1S/C17H22N2O/c1-12-7-8-16(13(2)10-12)17(20)14(3)19-11-15-6-4-5-9-18-15/h4-10,14,17,19-20H,11H2,1-3H3. The molecule has 0 aliphatic rings. The molecule has 0 fully saturated rings. The topological polar surface area (TPSA) is 45.1 Å². The third-order valence-electron chi connectivity index (χ3n) is 3.55. The maximum atomic E-state index is 10.5. The number of aryl methyl sites for hydroxylation is 2. The minimum absolute atomic E-state index is 0.0292. The number of aromatic nitrogens is 1. The molecule has 2 unspecified atom stereocenters. The van der Waals surface area contributed by atoms with Gasteiger partial charge in [-0.05, 0) is 44.0 Å². The zero-order valence-electron chi connectivity index (χ0n) is 12.3. The third-order valence-corrected chi connectivity index (χ3v) is 3.55. The van der Waals surface area contributed by atoms with E-state index in [9.17, 15) is 5.11 Å². The zero-order chi connectivity index (χ0) is 14.5. The summed E-state index contributed by atoms with van der Waals surface area (Å²) in [6, 6.07) is 12.0. The van der Waals surface area contributed by atoms with Crippen LogP contribution in [0.1, 0.15) is 35.4 Å². The minimum Gasteiger partial charge on any atom is -0.387 e. The highest BCUT2D eigenvalue weighted by Crippen LogP contribution is 2.21. The molecule has 3 heteroatoms. The fourth-order valence-electron chi connectivity index (χ4n) is 2.31. The van der Waals surface area contributed by atoms with Gasteiger partial charge in [-0.2, -0.15) is 0 Å². The Morgan fingerprint density at radius 3 is 2.65 bits per heavy atom. The number of rotatable bonds is 5. The van der Waals surface area contributed by atoms with E-state index in [1.54, 1.807) is 6.20 Å². The number of benzene rings is 1. The molecule has 0 saturated heterocycles. The molecule has 2 aromatic rings. The Kier molecular flexibility index (Phi) is 4.88. The average Bonchev–Trinajstić information content (AvgIpc) is 2.45. The van der Waals surface area contributed by atoms with Crippen LogP contribution in [0.4, 0.5) is 0 Å². The average molecular weight is 270 g/mol. The van der Waals surface area contributed by atoms with Crippen LogP contribution in [-0.2, 0) is 6.54 Å². The first kappa shape index (κ1) is 14.7. The zero-order valence-corrected chi connectivity index (χ0v) is 12.3. The van der Waals surface area contributed by atoms with Gasteiger partial charge < -0.3 is 10.4 Å². The van der Waals surface area contributed by atoms with Gasteiger partial charge in [0.1, 0.15) is 0 Å². The SMILES string of the molecule is Cc1ccc(C(O)C(C)NCc2ccccn2)c(C)c1. The second-order valence-corrected chi connectivity index (χ2v) is 5.30. The van der Waals surface area contributed by atoms with Gasteiger partial charge in [0, 0.05) is 18.8 Å². The van der Waals surface area contributed by atoms with Crippen molar-refractivity contribution in [2.45, 2.75) is 39.5 Å². The van der Waals surface area contributed by atoms with E-state index in [-0.39, 0.29) is 6.04 Å². The summed E-state index contributed by atoms with van der Waals surface area (Å²) in [5, 5.41) is 13.8. The summed E-state index contributed by atoms with van der Waals surface area (Å²) in [5.41, 5.74) is 4.31. The highest BCUT2D eigenvalue weighted by atomic mass is 16.3. The number of hydrogen-bond acceptors (Lipinski definition) is 3. The molecule has 1 heterocycles. The van der Waals surface area contributed by atoms with Crippen LogP contribution in [0.5, 0.6) is 0 Å². The van der Waals surface area contributed by atoms with Crippen LogP contribution in [0.25, 0.3) is 0 Å². The molecule has 0 amide bonds. The molecule has 0 bridgehead atoms. The number of aliphatic hydroxyl groups is 1. The highest BCUT2D eigenvalue weighted by Gasteiger charge is 2.17. The van der Waals surface area contributed by atoms with Crippen molar-refractivity contribution in [3.63, 3.8) is 0 Å². The molecule has 20 heavy (non-hydrogen) atoms. The predicted octanol–water partition coefficient (Wildman–Crippen LogP) is 2.91. The van der Waals surface area contributed by atoms with Crippen LogP contribution in [0.3, 0.4) is 0 Å². The van der Waals surface area contributed by atoms with Gasteiger partial charge in [0.05, 0.1) is 11.8 Å². The molecule has 1 aromatic heterocycles. The Morgan fingerprint density at radius 2 is 2.00 bits per heavy atom. The van der Waals surface area contributed by atoms with Crippen molar-refractivity contribution in [2.24, 2.45) is 0 Å². The van der Waals surface area contributed by atoms with Crippen LogP contribution in [0.15, 0.2) is 42.6 Å². The Hall–Kier alpha value is -1.71. The summed E-state index contributed by atoms with van der Waals surface area (Å²) in [6.45, 7) is 6.75. The van der Waals surface area contributed by atoms with Crippen molar-refractivity contribution < 1.29 is 5.11 Å². The Labute approximate surface area is 120 Å². The third kappa shape index (κ3) is 3.65. The number of nitrogens with zero attached hydrogens (tertiary/aromatic N) is 1. The van der Waals surface area contributed by atoms with Crippen molar-refractivity contribution in [2.75, 3.05) is 0 Å². The first-order chi connectivity index (χ1) is 9.58. The van der Waals surface area contributed by atoms with Gasteiger partial charge in [0.15, 0.2) is 0 Å². The molecular formula is C17H22N2O. The fourth-order valence-corrected chi connectivity index (χ4v) is 2.31. The number of aliphatic hydroxyl groups excluding tert-OH is 1. The first-order valence-corrected chi connectivity index (χ1v) is 6.96. The first-order valence-electron chi connectivity index (χ1n) is 6.96. The smallest absolute Gasteiger partial charge is 0.0942 e. The number of hydrogen-bond donors (Lipinski definition) is 2. The van der Waals surface area contributed by atoms with E-state index in [1.165, 1.54) is 5.56 Å². The summed E-state index contributed by atoms with van der Waals surface area (Å²) in [7, 11) is 0. The normalized spacial score (nSPS) is 14.0. The molecule has 0 saturated carbocycles. The van der Waals surface area contributed by atoms with E-state index in [0.717, 1.165) is 16.8 Å². The Bertz CT molecular complexity index is 554. The van der Waals surface area contributed by atoms with Crippen LogP contribution < -0.4 is 5.32 Å². The van der Waals surface area contributed by atoms with Crippen LogP contribution in [0, 0.1) is 13.8 Å². The minimum atomic E-state index is -0.515. The second kappa shape index (κ2) is 6.64. The van der Waals surface area contributed by atoms with Gasteiger partial charge >= 0.3 is 0 Å². The number of pyridine rings is 1. The molecule has 0 radical (unpaired) electrons. The Balaban J connectivity index is 1.99. The van der Waals surface area contributed by atoms with Gasteiger partial charge in [-0.25, -0.2) is 0 Å². The van der Waals surface area contributed by atoms with Crippen molar-refractivity contribution >= 4 is 0 Å². The molecule has 106 valence electrons. The Morgan fingerprint density at radius 1 is 1.20 bits per heavy atom. The van der Waals surface area contributed by atoms with Crippen molar-refractivity contribution in [1.29, 1.82) is 0 Å². The highest BCUT2D eigenvalue weighted by molar-refractivity contribution is 5.32.